The first-order valence-electron chi connectivity index (χ1n) is 4.97. The van der Waals surface area contributed by atoms with Gasteiger partial charge in [0.15, 0.2) is 5.69 Å². The number of rotatable bonds is 5. The Kier molecular flexibility index (Phi) is 4.61. The van der Waals surface area contributed by atoms with Crippen molar-refractivity contribution in [2.75, 3.05) is 14.2 Å². The van der Waals surface area contributed by atoms with Gasteiger partial charge >= 0.3 is 11.9 Å². The Labute approximate surface area is 113 Å². The van der Waals surface area contributed by atoms with Crippen LogP contribution in [0.4, 0.5) is 0 Å². The zero-order chi connectivity index (χ0) is 14.8. The van der Waals surface area contributed by atoms with Crippen LogP contribution in [0.25, 0.3) is 0 Å². The second-order valence-corrected chi connectivity index (χ2v) is 6.15. The predicted octanol–water partition coefficient (Wildman–Crippen LogP) is 0.0233. The van der Waals surface area contributed by atoms with Crippen LogP contribution in [0.1, 0.15) is 17.4 Å². The molecule has 0 aliphatic carbocycles. The Morgan fingerprint density at radius 2 is 2.11 bits per heavy atom. The van der Waals surface area contributed by atoms with Gasteiger partial charge in [-0.05, 0) is 18.5 Å². The molecule has 0 aliphatic heterocycles. The number of aliphatic carboxylic acids is 1. The smallest absolute Gasteiger partial charge is 0.359 e. The van der Waals surface area contributed by atoms with E-state index in [2.05, 4.69) is 9.11 Å². The van der Waals surface area contributed by atoms with Crippen molar-refractivity contribution in [2.24, 2.45) is 0 Å². The monoisotopic (exact) mass is 308 g/mol. The van der Waals surface area contributed by atoms with E-state index in [-0.39, 0.29) is 10.6 Å². The first-order valence-corrected chi connectivity index (χ1v) is 7.24. The minimum Gasteiger partial charge on any atom is -0.480 e. The molecule has 106 valence electrons. The lowest BCUT2D eigenvalue weighted by atomic mass is 10.4. The van der Waals surface area contributed by atoms with Crippen molar-refractivity contribution in [3.8, 4) is 0 Å². The lowest BCUT2D eigenvalue weighted by Crippen LogP contribution is -2.40. The first kappa shape index (κ1) is 15.5. The number of hydrogen-bond donors (Lipinski definition) is 1. The van der Waals surface area contributed by atoms with E-state index >= 15 is 0 Å². The molecule has 0 radical (unpaired) electrons. The van der Waals surface area contributed by atoms with Gasteiger partial charge in [0, 0.05) is 12.4 Å². The van der Waals surface area contributed by atoms with E-state index in [9.17, 15) is 18.0 Å². The number of esters is 1. The number of carbonyl (C=O) groups excluding carboxylic acids is 1. The van der Waals surface area contributed by atoms with Gasteiger partial charge in [-0.3, -0.25) is 4.79 Å². The Balaban J connectivity index is 3.25. The third kappa shape index (κ3) is 2.91. The van der Waals surface area contributed by atoms with Crippen molar-refractivity contribution in [2.45, 2.75) is 17.9 Å². The summed E-state index contributed by atoms with van der Waals surface area (Å²) < 4.78 is 33.1. The normalized spacial score (nSPS) is 13.3. The van der Waals surface area contributed by atoms with Crippen LogP contribution in [0.2, 0.25) is 0 Å². The average Bonchev–Trinajstić information content (AvgIpc) is 2.85. The molecular weight excluding hydrogens is 296 g/mol. The van der Waals surface area contributed by atoms with Crippen LogP contribution in [0, 0.1) is 0 Å². The van der Waals surface area contributed by atoms with Gasteiger partial charge in [0.1, 0.15) is 10.9 Å². The second-order valence-electron chi connectivity index (χ2n) is 3.55. The Hall–Kier alpha value is -1.52. The Bertz CT molecular complexity index is 594. The highest BCUT2D eigenvalue weighted by Gasteiger charge is 2.34. The molecule has 19 heavy (non-hydrogen) atoms. The van der Waals surface area contributed by atoms with Crippen LogP contribution in [0.3, 0.4) is 0 Å². The molecule has 1 heterocycles. The number of nitrogens with zero attached hydrogens (tertiary/aromatic N) is 2. The summed E-state index contributed by atoms with van der Waals surface area (Å²) in [5, 5.41) is 9.99. The van der Waals surface area contributed by atoms with Crippen molar-refractivity contribution in [3.63, 3.8) is 0 Å². The van der Waals surface area contributed by atoms with E-state index < -0.39 is 28.0 Å². The van der Waals surface area contributed by atoms with E-state index in [1.807, 2.05) is 0 Å². The van der Waals surface area contributed by atoms with E-state index in [1.54, 1.807) is 0 Å². The SMILES string of the molecule is COC(=O)c1nscc1S(=O)(=O)N(C)C(C)C(=O)O. The van der Waals surface area contributed by atoms with Gasteiger partial charge in [0.25, 0.3) is 0 Å². The molecule has 1 aromatic heterocycles. The molecule has 0 bridgehead atoms. The maximum atomic E-state index is 12.2. The summed E-state index contributed by atoms with van der Waals surface area (Å²) in [7, 11) is -1.91. The number of carboxylic acids is 1. The fourth-order valence-corrected chi connectivity index (χ4v) is 3.57. The highest BCUT2D eigenvalue weighted by atomic mass is 32.2. The molecule has 1 atom stereocenters. The number of sulfonamides is 1. The molecule has 0 fully saturated rings. The lowest BCUT2D eigenvalue weighted by molar-refractivity contribution is -0.140. The van der Waals surface area contributed by atoms with Crippen LogP contribution < -0.4 is 0 Å². The van der Waals surface area contributed by atoms with E-state index in [4.69, 9.17) is 5.11 Å². The molecule has 0 aliphatic rings. The lowest BCUT2D eigenvalue weighted by Gasteiger charge is -2.20. The van der Waals surface area contributed by atoms with Gasteiger partial charge in [-0.15, -0.1) is 0 Å². The van der Waals surface area contributed by atoms with Crippen molar-refractivity contribution >= 4 is 33.5 Å². The third-order valence-electron chi connectivity index (χ3n) is 2.48. The standard InChI is InChI=1S/C9H12N2O6S2/c1-5(8(12)13)11(2)19(15,16)6-4-18-10-7(6)9(14)17-3/h4-5H,1-3H3,(H,12,13). The van der Waals surface area contributed by atoms with Gasteiger partial charge < -0.3 is 9.84 Å². The number of carboxylic acid groups (broad SMARTS) is 1. The molecule has 0 saturated heterocycles. The second kappa shape index (κ2) is 5.63. The molecular formula is C9H12N2O6S2. The molecule has 0 amide bonds. The maximum Gasteiger partial charge on any atom is 0.359 e. The summed E-state index contributed by atoms with van der Waals surface area (Å²) in [6, 6.07) is -1.27. The number of likely N-dealkylation sites (N-methyl/N-ethyl adjacent to an activating group) is 1. The number of methoxy groups -OCH3 is 1. The van der Waals surface area contributed by atoms with Gasteiger partial charge in [0.2, 0.25) is 10.0 Å². The summed E-state index contributed by atoms with van der Waals surface area (Å²) in [6.07, 6.45) is 0. The van der Waals surface area contributed by atoms with Crippen LogP contribution in [-0.4, -0.2) is 54.3 Å². The van der Waals surface area contributed by atoms with Gasteiger partial charge in [-0.1, -0.05) is 0 Å². The molecule has 10 heteroatoms. The molecule has 1 unspecified atom stereocenters. The quantitative estimate of drug-likeness (QED) is 0.763. The highest BCUT2D eigenvalue weighted by Crippen LogP contribution is 2.22. The Morgan fingerprint density at radius 1 is 1.53 bits per heavy atom. The number of aromatic nitrogens is 1. The largest absolute Gasteiger partial charge is 0.480 e. The minimum absolute atomic E-state index is 0.350. The van der Waals surface area contributed by atoms with Crippen LogP contribution in [0.5, 0.6) is 0 Å². The summed E-state index contributed by atoms with van der Waals surface area (Å²) in [4.78, 5) is 21.9. The van der Waals surface area contributed by atoms with Crippen molar-refractivity contribution in [1.82, 2.24) is 8.68 Å². The number of carbonyl (C=O) groups is 2. The maximum absolute atomic E-state index is 12.2. The minimum atomic E-state index is -4.13. The summed E-state index contributed by atoms with van der Waals surface area (Å²) in [5.41, 5.74) is -0.350. The topological polar surface area (TPSA) is 114 Å². The molecule has 1 aromatic rings. The van der Waals surface area contributed by atoms with Crippen LogP contribution in [-0.2, 0) is 19.6 Å². The zero-order valence-electron chi connectivity index (χ0n) is 10.4. The van der Waals surface area contributed by atoms with Crippen LogP contribution in [0.15, 0.2) is 10.3 Å². The van der Waals surface area contributed by atoms with E-state index in [0.29, 0.717) is 4.31 Å². The van der Waals surface area contributed by atoms with Gasteiger partial charge in [-0.2, -0.15) is 8.68 Å². The summed E-state index contributed by atoms with van der Waals surface area (Å²) in [6.45, 7) is 1.22. The van der Waals surface area contributed by atoms with Crippen molar-refractivity contribution in [3.05, 3.63) is 11.1 Å². The Morgan fingerprint density at radius 3 is 2.58 bits per heavy atom. The third-order valence-corrected chi connectivity index (χ3v) is 5.20. The fourth-order valence-electron chi connectivity index (χ4n) is 1.16. The number of ether oxygens (including phenoxy) is 1. The first-order chi connectivity index (χ1) is 8.73. The van der Waals surface area contributed by atoms with Gasteiger partial charge in [-0.25, -0.2) is 13.2 Å². The zero-order valence-corrected chi connectivity index (χ0v) is 12.0. The highest BCUT2D eigenvalue weighted by molar-refractivity contribution is 7.89. The van der Waals surface area contributed by atoms with E-state index in [0.717, 1.165) is 31.1 Å². The summed E-state index contributed by atoms with van der Waals surface area (Å²) in [5.74, 6) is -2.19. The molecule has 0 spiro atoms. The van der Waals surface area contributed by atoms with Gasteiger partial charge in [0.05, 0.1) is 7.11 Å². The summed E-state index contributed by atoms with van der Waals surface area (Å²) >= 11 is 0.770. The molecule has 0 aromatic carbocycles. The molecule has 8 nitrogen and oxygen atoms in total. The molecule has 1 N–H and O–H groups in total. The molecule has 1 rings (SSSR count). The van der Waals surface area contributed by atoms with Crippen molar-refractivity contribution < 1.29 is 27.9 Å². The van der Waals surface area contributed by atoms with Crippen molar-refractivity contribution in [1.29, 1.82) is 0 Å². The van der Waals surface area contributed by atoms with E-state index in [1.165, 1.54) is 6.92 Å². The fraction of sp³-hybridized carbons (Fsp3) is 0.444. The molecule has 0 saturated carbocycles. The number of hydrogen-bond acceptors (Lipinski definition) is 7. The average molecular weight is 308 g/mol. The predicted molar refractivity (Wildman–Crippen MR) is 65.5 cm³/mol. The van der Waals surface area contributed by atoms with Crippen LogP contribution >= 0.6 is 11.5 Å².